The van der Waals surface area contributed by atoms with Gasteiger partial charge in [-0.3, -0.25) is 0 Å². The lowest BCUT2D eigenvalue weighted by Gasteiger charge is -2.07. The third-order valence-corrected chi connectivity index (χ3v) is 6.75. The molecule has 1 heterocycles. The van der Waals surface area contributed by atoms with E-state index in [9.17, 15) is 0 Å². The van der Waals surface area contributed by atoms with Gasteiger partial charge in [0.05, 0.1) is 10.9 Å². The average molecular weight is 353 g/mol. The second kappa shape index (κ2) is 6.40. The van der Waals surface area contributed by atoms with Crippen LogP contribution in [0, 0.1) is 0 Å². The smallest absolute Gasteiger partial charge is 0.167 e. The van der Waals surface area contributed by atoms with E-state index in [4.69, 9.17) is 4.42 Å². The molecule has 0 saturated heterocycles. The number of hydrogen-bond donors (Lipinski definition) is 0. The summed E-state index contributed by atoms with van der Waals surface area (Å²) in [5, 5.41) is 2.36. The topological polar surface area (TPSA) is 13.1 Å². The second-order valence-corrected chi connectivity index (χ2v) is 8.22. The Balaban J connectivity index is 1.75. The Labute approximate surface area is 155 Å². The molecule has 0 aliphatic heterocycles. The summed E-state index contributed by atoms with van der Waals surface area (Å²) in [5.74, 6) is 0. The standard InChI is InChI=1S/C24H17OS/c1-3-9-18(10-4-1)26(19-11-5-2-6-12-19)20-15-16-24-22(17-20)21-13-7-8-14-23(21)25-24/h1-17H/q+1. The maximum atomic E-state index is 6.00. The molecule has 0 radical (unpaired) electrons. The molecule has 0 aliphatic rings. The largest absolute Gasteiger partial charge is 0.456 e. The normalized spacial score (nSPS) is 11.4. The van der Waals surface area contributed by atoms with Gasteiger partial charge in [0.2, 0.25) is 0 Å². The van der Waals surface area contributed by atoms with Crippen LogP contribution in [0.4, 0.5) is 0 Å². The van der Waals surface area contributed by atoms with Crippen LogP contribution >= 0.6 is 0 Å². The Morgan fingerprint density at radius 3 is 1.73 bits per heavy atom. The van der Waals surface area contributed by atoms with Crippen LogP contribution in [0.3, 0.4) is 0 Å². The van der Waals surface area contributed by atoms with Gasteiger partial charge in [0.15, 0.2) is 14.7 Å². The predicted molar refractivity (Wildman–Crippen MR) is 109 cm³/mol. The summed E-state index contributed by atoms with van der Waals surface area (Å²) in [6.07, 6.45) is 0. The number of rotatable bonds is 3. The van der Waals surface area contributed by atoms with Gasteiger partial charge >= 0.3 is 0 Å². The molecule has 5 rings (SSSR count). The fourth-order valence-electron chi connectivity index (χ4n) is 3.35. The van der Waals surface area contributed by atoms with Crippen molar-refractivity contribution in [2.45, 2.75) is 14.7 Å². The Kier molecular flexibility index (Phi) is 3.76. The van der Waals surface area contributed by atoms with E-state index in [-0.39, 0.29) is 10.9 Å². The molecule has 1 nitrogen and oxygen atoms in total. The van der Waals surface area contributed by atoms with Gasteiger partial charge < -0.3 is 4.42 Å². The zero-order valence-electron chi connectivity index (χ0n) is 14.1. The van der Waals surface area contributed by atoms with Crippen LogP contribution < -0.4 is 0 Å². The van der Waals surface area contributed by atoms with Crippen LogP contribution in [-0.2, 0) is 10.9 Å². The summed E-state index contributed by atoms with van der Waals surface area (Å²) in [7, 11) is -0.139. The quantitative estimate of drug-likeness (QED) is 0.330. The molecule has 2 heteroatoms. The molecule has 0 amide bonds. The number of para-hydroxylation sites is 1. The van der Waals surface area contributed by atoms with Gasteiger partial charge in [0.1, 0.15) is 11.2 Å². The molecule has 4 aromatic carbocycles. The molecule has 0 atom stereocenters. The molecule has 0 fully saturated rings. The van der Waals surface area contributed by atoms with Crippen LogP contribution in [-0.4, -0.2) is 0 Å². The highest BCUT2D eigenvalue weighted by Gasteiger charge is 2.29. The lowest BCUT2D eigenvalue weighted by Crippen LogP contribution is -2.04. The number of furan rings is 1. The molecule has 0 N–H and O–H groups in total. The van der Waals surface area contributed by atoms with Crippen molar-refractivity contribution in [3.8, 4) is 0 Å². The van der Waals surface area contributed by atoms with E-state index in [1.165, 1.54) is 25.5 Å². The van der Waals surface area contributed by atoms with Crippen molar-refractivity contribution in [1.82, 2.24) is 0 Å². The van der Waals surface area contributed by atoms with E-state index in [2.05, 4.69) is 91.0 Å². The van der Waals surface area contributed by atoms with Crippen molar-refractivity contribution in [1.29, 1.82) is 0 Å². The predicted octanol–water partition coefficient (Wildman–Crippen LogP) is 6.68. The van der Waals surface area contributed by atoms with E-state index >= 15 is 0 Å². The average Bonchev–Trinajstić information content (AvgIpc) is 3.08. The number of fused-ring (bicyclic) bond motifs is 3. The molecule has 0 unspecified atom stereocenters. The lowest BCUT2D eigenvalue weighted by atomic mass is 10.1. The highest BCUT2D eigenvalue weighted by atomic mass is 32.2. The zero-order chi connectivity index (χ0) is 17.3. The van der Waals surface area contributed by atoms with Crippen molar-refractivity contribution in [2.24, 2.45) is 0 Å². The highest BCUT2D eigenvalue weighted by Crippen LogP contribution is 2.35. The number of benzene rings is 4. The summed E-state index contributed by atoms with van der Waals surface area (Å²) in [6.45, 7) is 0. The molecule has 0 bridgehead atoms. The van der Waals surface area contributed by atoms with E-state index in [0.717, 1.165) is 11.2 Å². The molecule has 124 valence electrons. The first-order chi connectivity index (χ1) is 12.9. The number of hydrogen-bond acceptors (Lipinski definition) is 1. The minimum atomic E-state index is -0.139. The molecule has 0 saturated carbocycles. The van der Waals surface area contributed by atoms with Crippen molar-refractivity contribution in [2.75, 3.05) is 0 Å². The summed E-state index contributed by atoms with van der Waals surface area (Å²) < 4.78 is 6.00. The fraction of sp³-hybridized carbons (Fsp3) is 0. The van der Waals surface area contributed by atoms with Crippen molar-refractivity contribution < 1.29 is 4.42 Å². The molecular weight excluding hydrogens is 336 g/mol. The fourth-order valence-corrected chi connectivity index (χ4v) is 5.47. The van der Waals surface area contributed by atoms with Crippen molar-refractivity contribution in [3.05, 3.63) is 103 Å². The Morgan fingerprint density at radius 1 is 0.462 bits per heavy atom. The van der Waals surface area contributed by atoms with E-state index in [1.54, 1.807) is 0 Å². The minimum absolute atomic E-state index is 0.139. The van der Waals surface area contributed by atoms with Gasteiger partial charge in [0.25, 0.3) is 0 Å². The van der Waals surface area contributed by atoms with Crippen LogP contribution in [0.1, 0.15) is 0 Å². The summed E-state index contributed by atoms with van der Waals surface area (Å²) in [6, 6.07) is 36.3. The minimum Gasteiger partial charge on any atom is -0.456 e. The zero-order valence-corrected chi connectivity index (χ0v) is 14.9. The van der Waals surface area contributed by atoms with E-state index in [1.807, 2.05) is 12.1 Å². The molecule has 5 aromatic rings. The summed E-state index contributed by atoms with van der Waals surface area (Å²) in [4.78, 5) is 3.96. The third-order valence-electron chi connectivity index (χ3n) is 4.54. The Hall–Kier alpha value is -2.97. The third kappa shape index (κ3) is 2.59. The van der Waals surface area contributed by atoms with E-state index < -0.39 is 0 Å². The van der Waals surface area contributed by atoms with Crippen LogP contribution in [0.25, 0.3) is 21.9 Å². The van der Waals surface area contributed by atoms with Crippen LogP contribution in [0.2, 0.25) is 0 Å². The first-order valence-electron chi connectivity index (χ1n) is 8.66. The van der Waals surface area contributed by atoms with E-state index in [0.29, 0.717) is 0 Å². The van der Waals surface area contributed by atoms with Gasteiger partial charge in [-0.05, 0) is 42.5 Å². The van der Waals surface area contributed by atoms with Gasteiger partial charge in [-0.25, -0.2) is 0 Å². The summed E-state index contributed by atoms with van der Waals surface area (Å²) >= 11 is 0. The molecule has 26 heavy (non-hydrogen) atoms. The van der Waals surface area contributed by atoms with Crippen molar-refractivity contribution >= 4 is 32.8 Å². The maximum absolute atomic E-state index is 6.00. The highest BCUT2D eigenvalue weighted by molar-refractivity contribution is 7.97. The summed E-state index contributed by atoms with van der Waals surface area (Å²) in [5.41, 5.74) is 1.89. The Bertz CT molecular complexity index is 1140. The first-order valence-corrected chi connectivity index (χ1v) is 9.88. The van der Waals surface area contributed by atoms with Gasteiger partial charge in [-0.15, -0.1) is 0 Å². The lowest BCUT2D eigenvalue weighted by molar-refractivity contribution is 0.668. The van der Waals surface area contributed by atoms with Gasteiger partial charge in [-0.1, -0.05) is 54.6 Å². The van der Waals surface area contributed by atoms with Gasteiger partial charge in [-0.2, -0.15) is 0 Å². The second-order valence-electron chi connectivity index (χ2n) is 6.19. The monoisotopic (exact) mass is 353 g/mol. The van der Waals surface area contributed by atoms with Crippen LogP contribution in [0.15, 0.2) is 122 Å². The molecule has 0 spiro atoms. The molecule has 1 aromatic heterocycles. The molecular formula is C24H17OS+. The first kappa shape index (κ1) is 15.3. The van der Waals surface area contributed by atoms with Crippen molar-refractivity contribution in [3.63, 3.8) is 0 Å². The Morgan fingerprint density at radius 2 is 1.04 bits per heavy atom. The van der Waals surface area contributed by atoms with Crippen LogP contribution in [0.5, 0.6) is 0 Å². The SMILES string of the molecule is c1ccc([S+](c2ccccc2)c2ccc3oc4ccccc4c3c2)cc1. The maximum Gasteiger partial charge on any atom is 0.167 e. The van der Waals surface area contributed by atoms with Gasteiger partial charge in [0, 0.05) is 16.8 Å². The molecule has 0 aliphatic carbocycles.